The number of hydrogen-bond donors (Lipinski definition) is 1. The van der Waals surface area contributed by atoms with E-state index < -0.39 is 5.91 Å². The van der Waals surface area contributed by atoms with Crippen LogP contribution in [0.5, 0.6) is 0 Å². The van der Waals surface area contributed by atoms with Gasteiger partial charge in [-0.25, -0.2) is 4.68 Å². The Morgan fingerprint density at radius 1 is 1.16 bits per heavy atom. The van der Waals surface area contributed by atoms with Gasteiger partial charge in [-0.05, 0) is 30.3 Å². The molecule has 0 fully saturated rings. The Bertz CT molecular complexity index is 970. The molecule has 122 valence electrons. The molecule has 0 aliphatic rings. The van der Waals surface area contributed by atoms with E-state index in [-0.39, 0.29) is 5.57 Å². The molecule has 1 heterocycles. The van der Waals surface area contributed by atoms with Crippen molar-refractivity contribution >= 4 is 29.3 Å². The van der Waals surface area contributed by atoms with E-state index in [0.717, 1.165) is 5.69 Å². The molecule has 0 bridgehead atoms. The van der Waals surface area contributed by atoms with Crippen molar-refractivity contribution in [3.63, 3.8) is 0 Å². The summed E-state index contributed by atoms with van der Waals surface area (Å²) in [4.78, 5) is 12.3. The summed E-state index contributed by atoms with van der Waals surface area (Å²) in [5.74, 6) is -0.525. The molecule has 0 radical (unpaired) electrons. The first-order chi connectivity index (χ1) is 12.2. The zero-order valence-electron chi connectivity index (χ0n) is 13.1. The van der Waals surface area contributed by atoms with Crippen molar-refractivity contribution in [3.05, 3.63) is 83.2 Å². The second-order valence-electron chi connectivity index (χ2n) is 5.16. The van der Waals surface area contributed by atoms with Gasteiger partial charge in [-0.3, -0.25) is 4.79 Å². The van der Waals surface area contributed by atoms with Crippen LogP contribution in [0.1, 0.15) is 5.56 Å². The van der Waals surface area contributed by atoms with E-state index in [1.807, 2.05) is 36.4 Å². The Morgan fingerprint density at radius 3 is 2.60 bits per heavy atom. The van der Waals surface area contributed by atoms with Gasteiger partial charge in [-0.1, -0.05) is 41.9 Å². The van der Waals surface area contributed by atoms with Crippen LogP contribution in [-0.2, 0) is 4.79 Å². The lowest BCUT2D eigenvalue weighted by Crippen LogP contribution is -2.13. The summed E-state index contributed by atoms with van der Waals surface area (Å²) in [6.07, 6.45) is 4.82. The van der Waals surface area contributed by atoms with Crippen LogP contribution in [0.4, 0.5) is 5.69 Å². The van der Waals surface area contributed by atoms with E-state index in [9.17, 15) is 10.1 Å². The zero-order chi connectivity index (χ0) is 17.6. The first-order valence-corrected chi connectivity index (χ1v) is 7.83. The average molecular weight is 349 g/mol. The van der Waals surface area contributed by atoms with E-state index in [0.29, 0.717) is 16.3 Å². The van der Waals surface area contributed by atoms with Crippen molar-refractivity contribution in [1.29, 1.82) is 5.26 Å². The first-order valence-electron chi connectivity index (χ1n) is 7.45. The maximum absolute atomic E-state index is 12.3. The van der Waals surface area contributed by atoms with Crippen molar-refractivity contribution in [1.82, 2.24) is 9.78 Å². The number of nitriles is 1. The van der Waals surface area contributed by atoms with Gasteiger partial charge >= 0.3 is 0 Å². The summed E-state index contributed by atoms with van der Waals surface area (Å²) in [5, 5.41) is 16.6. The molecule has 6 heteroatoms. The molecular formula is C19H13ClN4O. The number of nitrogens with one attached hydrogen (secondary N) is 1. The molecule has 5 nitrogen and oxygen atoms in total. The normalized spacial score (nSPS) is 11.0. The third-order valence-corrected chi connectivity index (χ3v) is 3.75. The predicted molar refractivity (Wildman–Crippen MR) is 97.2 cm³/mol. The average Bonchev–Trinajstić information content (AvgIpc) is 3.11. The molecule has 0 unspecified atom stereocenters. The predicted octanol–water partition coefficient (Wildman–Crippen LogP) is 4.07. The molecule has 0 atom stereocenters. The number of carbonyl (C=O) groups is 1. The standard InChI is InChI=1S/C19H13ClN4O/c20-17-8-4-5-9-18(17)23-19(25)15(11-21)10-14-12-22-24(13-14)16-6-2-1-3-7-16/h1-10,12-13H,(H,23,25)/b15-10+. The lowest BCUT2D eigenvalue weighted by Gasteiger charge is -2.05. The van der Waals surface area contributed by atoms with Crippen molar-refractivity contribution in [2.75, 3.05) is 5.32 Å². The molecule has 0 aliphatic carbocycles. The van der Waals surface area contributed by atoms with Crippen LogP contribution in [0.3, 0.4) is 0 Å². The molecule has 0 saturated carbocycles. The van der Waals surface area contributed by atoms with Crippen LogP contribution < -0.4 is 5.32 Å². The molecule has 0 saturated heterocycles. The summed E-state index contributed by atoms with van der Waals surface area (Å²) >= 11 is 6.02. The molecular weight excluding hydrogens is 336 g/mol. The number of rotatable bonds is 4. The highest BCUT2D eigenvalue weighted by molar-refractivity contribution is 6.34. The maximum Gasteiger partial charge on any atom is 0.266 e. The zero-order valence-corrected chi connectivity index (χ0v) is 13.8. The monoisotopic (exact) mass is 348 g/mol. The lowest BCUT2D eigenvalue weighted by atomic mass is 10.2. The number of halogens is 1. The van der Waals surface area contributed by atoms with Gasteiger partial charge in [0.05, 0.1) is 22.6 Å². The molecule has 0 spiro atoms. The third kappa shape index (κ3) is 3.94. The van der Waals surface area contributed by atoms with E-state index in [2.05, 4.69) is 10.4 Å². The van der Waals surface area contributed by atoms with E-state index in [4.69, 9.17) is 11.6 Å². The van der Waals surface area contributed by atoms with Gasteiger partial charge in [-0.15, -0.1) is 0 Å². The van der Waals surface area contributed by atoms with Crippen LogP contribution in [0, 0.1) is 11.3 Å². The number of anilines is 1. The lowest BCUT2D eigenvalue weighted by molar-refractivity contribution is -0.112. The fourth-order valence-corrected chi connectivity index (χ4v) is 2.38. The van der Waals surface area contributed by atoms with Crippen molar-refractivity contribution < 1.29 is 4.79 Å². The van der Waals surface area contributed by atoms with Gasteiger partial charge in [0, 0.05) is 11.8 Å². The summed E-state index contributed by atoms with van der Waals surface area (Å²) < 4.78 is 1.67. The minimum Gasteiger partial charge on any atom is -0.320 e. The smallest absolute Gasteiger partial charge is 0.266 e. The fraction of sp³-hybridized carbons (Fsp3) is 0. The van der Waals surface area contributed by atoms with E-state index in [1.165, 1.54) is 6.08 Å². The molecule has 2 aromatic carbocycles. The summed E-state index contributed by atoms with van der Waals surface area (Å²) in [7, 11) is 0. The highest BCUT2D eigenvalue weighted by atomic mass is 35.5. The Labute approximate surface area is 149 Å². The number of hydrogen-bond acceptors (Lipinski definition) is 3. The second-order valence-corrected chi connectivity index (χ2v) is 5.56. The number of carbonyl (C=O) groups excluding carboxylic acids is 1. The quantitative estimate of drug-likeness (QED) is 0.570. The highest BCUT2D eigenvalue weighted by Crippen LogP contribution is 2.21. The topological polar surface area (TPSA) is 70.7 Å². The molecule has 1 amide bonds. The molecule has 3 aromatic rings. The maximum atomic E-state index is 12.3. The van der Waals surface area contributed by atoms with Gasteiger partial charge in [-0.2, -0.15) is 10.4 Å². The van der Waals surface area contributed by atoms with Gasteiger partial charge in [0.2, 0.25) is 0 Å². The molecule has 25 heavy (non-hydrogen) atoms. The van der Waals surface area contributed by atoms with E-state index >= 15 is 0 Å². The number of nitrogens with zero attached hydrogens (tertiary/aromatic N) is 3. The second kappa shape index (κ2) is 7.47. The van der Waals surface area contributed by atoms with Crippen LogP contribution in [0.25, 0.3) is 11.8 Å². The van der Waals surface area contributed by atoms with Gasteiger partial charge in [0.1, 0.15) is 11.6 Å². The van der Waals surface area contributed by atoms with E-state index in [1.54, 1.807) is 41.3 Å². The van der Waals surface area contributed by atoms with Crippen LogP contribution in [0.15, 0.2) is 72.6 Å². The van der Waals surface area contributed by atoms with Gasteiger partial charge < -0.3 is 5.32 Å². The molecule has 3 rings (SSSR count). The van der Waals surface area contributed by atoms with Crippen molar-refractivity contribution in [3.8, 4) is 11.8 Å². The van der Waals surface area contributed by atoms with Crippen molar-refractivity contribution in [2.45, 2.75) is 0 Å². The molecule has 0 aliphatic heterocycles. The third-order valence-electron chi connectivity index (χ3n) is 3.42. The van der Waals surface area contributed by atoms with Crippen LogP contribution >= 0.6 is 11.6 Å². The molecule has 1 aromatic heterocycles. The minimum absolute atomic E-state index is 0.0347. The number of amides is 1. The number of aromatic nitrogens is 2. The summed E-state index contributed by atoms with van der Waals surface area (Å²) in [6, 6.07) is 18.3. The van der Waals surface area contributed by atoms with Crippen LogP contribution in [-0.4, -0.2) is 15.7 Å². The Hall–Kier alpha value is -3.36. The summed E-state index contributed by atoms with van der Waals surface area (Å²) in [6.45, 7) is 0. The highest BCUT2D eigenvalue weighted by Gasteiger charge is 2.11. The van der Waals surface area contributed by atoms with Gasteiger partial charge in [0.15, 0.2) is 0 Å². The Balaban J connectivity index is 1.81. The summed E-state index contributed by atoms with van der Waals surface area (Å²) in [5.41, 5.74) is 1.96. The van der Waals surface area contributed by atoms with Crippen LogP contribution in [0.2, 0.25) is 5.02 Å². The molecule has 1 N–H and O–H groups in total. The minimum atomic E-state index is -0.525. The fourth-order valence-electron chi connectivity index (χ4n) is 2.20. The number of benzene rings is 2. The van der Waals surface area contributed by atoms with Gasteiger partial charge in [0.25, 0.3) is 5.91 Å². The number of para-hydroxylation sites is 2. The Morgan fingerprint density at radius 2 is 1.88 bits per heavy atom. The van der Waals surface area contributed by atoms with Crippen molar-refractivity contribution in [2.24, 2.45) is 0 Å². The Kier molecular flexibility index (Phi) is 4.93. The largest absolute Gasteiger partial charge is 0.320 e. The first kappa shape index (κ1) is 16.5. The SMILES string of the molecule is N#C/C(=C\c1cnn(-c2ccccc2)c1)C(=O)Nc1ccccc1Cl.